The lowest BCUT2D eigenvalue weighted by atomic mass is 10.2. The highest BCUT2D eigenvalue weighted by molar-refractivity contribution is 7.89. The van der Waals surface area contributed by atoms with Gasteiger partial charge in [-0.25, -0.2) is 13.4 Å². The fourth-order valence-electron chi connectivity index (χ4n) is 3.28. The van der Waals surface area contributed by atoms with Crippen molar-refractivity contribution in [3.05, 3.63) is 59.5 Å². The van der Waals surface area contributed by atoms with Crippen molar-refractivity contribution >= 4 is 26.5 Å². The van der Waals surface area contributed by atoms with E-state index in [1.165, 1.54) is 0 Å². The van der Waals surface area contributed by atoms with Gasteiger partial charge < -0.3 is 9.64 Å². The summed E-state index contributed by atoms with van der Waals surface area (Å²) < 4.78 is 32.5. The first kappa shape index (κ1) is 19.9. The summed E-state index contributed by atoms with van der Waals surface area (Å²) in [4.78, 5) is 7.26. The molecule has 0 amide bonds. The van der Waals surface area contributed by atoms with Gasteiger partial charge >= 0.3 is 0 Å². The van der Waals surface area contributed by atoms with Crippen LogP contribution in [0, 0.1) is 6.92 Å². The number of piperazine rings is 1. The van der Waals surface area contributed by atoms with E-state index < -0.39 is 10.0 Å². The maximum Gasteiger partial charge on any atom is 0.243 e. The Kier molecular flexibility index (Phi) is 5.58. The summed E-state index contributed by atoms with van der Waals surface area (Å²) in [7, 11) is -1.80. The molecule has 0 radical (unpaired) electrons. The number of rotatable bonds is 5. The van der Waals surface area contributed by atoms with Gasteiger partial charge in [0, 0.05) is 37.1 Å². The van der Waals surface area contributed by atoms with Gasteiger partial charge in [0.2, 0.25) is 10.0 Å². The molecule has 152 valence electrons. The summed E-state index contributed by atoms with van der Waals surface area (Å²) in [5.74, 6) is 0.815. The minimum Gasteiger partial charge on any atom is -0.497 e. The summed E-state index contributed by atoms with van der Waals surface area (Å²) in [5, 5.41) is 2.95. The molecule has 3 aromatic rings. The van der Waals surface area contributed by atoms with Crippen molar-refractivity contribution in [2.75, 3.05) is 38.2 Å². The summed E-state index contributed by atoms with van der Waals surface area (Å²) in [6.45, 7) is 4.10. The van der Waals surface area contributed by atoms with Crippen LogP contribution in [0.5, 0.6) is 5.75 Å². The number of thiazole rings is 1. The van der Waals surface area contributed by atoms with E-state index in [4.69, 9.17) is 9.72 Å². The zero-order valence-electron chi connectivity index (χ0n) is 16.4. The van der Waals surface area contributed by atoms with E-state index in [1.807, 2.05) is 48.7 Å². The van der Waals surface area contributed by atoms with Crippen LogP contribution in [0.25, 0.3) is 11.3 Å². The molecule has 2 heterocycles. The van der Waals surface area contributed by atoms with Gasteiger partial charge in [-0.05, 0) is 43.3 Å². The molecule has 0 aliphatic carbocycles. The van der Waals surface area contributed by atoms with Crippen LogP contribution in [0.3, 0.4) is 0 Å². The molecule has 29 heavy (non-hydrogen) atoms. The van der Waals surface area contributed by atoms with Gasteiger partial charge in [0.1, 0.15) is 5.75 Å². The lowest BCUT2D eigenvalue weighted by molar-refractivity contribution is 0.385. The molecule has 1 aliphatic rings. The molecule has 1 fully saturated rings. The van der Waals surface area contributed by atoms with Crippen molar-refractivity contribution in [2.24, 2.45) is 0 Å². The smallest absolute Gasteiger partial charge is 0.243 e. The van der Waals surface area contributed by atoms with Crippen molar-refractivity contribution in [3.63, 3.8) is 0 Å². The van der Waals surface area contributed by atoms with Crippen LogP contribution >= 0.6 is 11.3 Å². The molecule has 6 nitrogen and oxygen atoms in total. The van der Waals surface area contributed by atoms with E-state index in [1.54, 1.807) is 34.9 Å². The van der Waals surface area contributed by atoms with Gasteiger partial charge in [0.25, 0.3) is 0 Å². The van der Waals surface area contributed by atoms with Gasteiger partial charge in [0.05, 0.1) is 17.7 Å². The first-order valence-electron chi connectivity index (χ1n) is 9.39. The second-order valence-electron chi connectivity index (χ2n) is 6.95. The predicted molar refractivity (Wildman–Crippen MR) is 116 cm³/mol. The second-order valence-corrected chi connectivity index (χ2v) is 9.72. The zero-order chi connectivity index (χ0) is 20.4. The maximum atomic E-state index is 12.9. The molecule has 0 spiro atoms. The van der Waals surface area contributed by atoms with Crippen LogP contribution in [-0.4, -0.2) is 51.0 Å². The lowest BCUT2D eigenvalue weighted by Crippen LogP contribution is -2.48. The summed E-state index contributed by atoms with van der Waals surface area (Å²) in [5.41, 5.74) is 3.00. The molecule has 0 saturated carbocycles. The molecular weight excluding hydrogens is 406 g/mol. The highest BCUT2D eigenvalue weighted by Gasteiger charge is 2.29. The minimum atomic E-state index is -3.45. The SMILES string of the molecule is COc1ccc(-c2csc(N3CCN(S(=O)(=O)c4ccc(C)cc4)CC3)n2)cc1. The van der Waals surface area contributed by atoms with Crippen molar-refractivity contribution in [1.29, 1.82) is 0 Å². The largest absolute Gasteiger partial charge is 0.497 e. The number of hydrogen-bond donors (Lipinski definition) is 0. The lowest BCUT2D eigenvalue weighted by Gasteiger charge is -2.33. The normalized spacial score (nSPS) is 15.4. The Hall–Kier alpha value is -2.42. The average molecular weight is 430 g/mol. The molecule has 2 aromatic carbocycles. The minimum absolute atomic E-state index is 0.354. The summed E-state index contributed by atoms with van der Waals surface area (Å²) in [6, 6.07) is 14.8. The number of aryl methyl sites for hydroxylation is 1. The van der Waals surface area contributed by atoms with Crippen LogP contribution in [0.1, 0.15) is 5.56 Å². The molecule has 1 aromatic heterocycles. The Morgan fingerprint density at radius 2 is 1.62 bits per heavy atom. The second kappa shape index (κ2) is 8.14. The number of ether oxygens (including phenoxy) is 1. The molecule has 0 atom stereocenters. The molecular formula is C21H23N3O3S2. The average Bonchev–Trinajstić information content (AvgIpc) is 3.24. The molecule has 0 bridgehead atoms. The number of methoxy groups -OCH3 is 1. The Morgan fingerprint density at radius 1 is 0.966 bits per heavy atom. The maximum absolute atomic E-state index is 12.9. The number of sulfonamides is 1. The third kappa shape index (κ3) is 4.14. The molecule has 1 saturated heterocycles. The first-order chi connectivity index (χ1) is 14.0. The van der Waals surface area contributed by atoms with Crippen molar-refractivity contribution in [2.45, 2.75) is 11.8 Å². The Labute approximate surface area is 175 Å². The molecule has 8 heteroatoms. The predicted octanol–water partition coefficient (Wildman–Crippen LogP) is 3.64. The number of anilines is 1. The van der Waals surface area contributed by atoms with Crippen molar-refractivity contribution in [3.8, 4) is 17.0 Å². The third-order valence-corrected chi connectivity index (χ3v) is 7.86. The topological polar surface area (TPSA) is 62.7 Å². The summed E-state index contributed by atoms with van der Waals surface area (Å²) >= 11 is 1.58. The van der Waals surface area contributed by atoms with Crippen LogP contribution in [0.2, 0.25) is 0 Å². The monoisotopic (exact) mass is 429 g/mol. The van der Waals surface area contributed by atoms with Crippen LogP contribution < -0.4 is 9.64 Å². The number of hydrogen-bond acceptors (Lipinski definition) is 6. The van der Waals surface area contributed by atoms with E-state index in [-0.39, 0.29) is 0 Å². The summed E-state index contributed by atoms with van der Waals surface area (Å²) in [6.07, 6.45) is 0. The van der Waals surface area contributed by atoms with Gasteiger partial charge in [-0.15, -0.1) is 11.3 Å². The first-order valence-corrected chi connectivity index (χ1v) is 11.7. The zero-order valence-corrected chi connectivity index (χ0v) is 18.0. The fraction of sp³-hybridized carbons (Fsp3) is 0.286. The van der Waals surface area contributed by atoms with Crippen LogP contribution in [-0.2, 0) is 10.0 Å². The number of benzene rings is 2. The standard InChI is InChI=1S/C21H23N3O3S2/c1-16-3-9-19(10-4-16)29(25,26)24-13-11-23(12-14-24)21-22-20(15-28-21)17-5-7-18(27-2)8-6-17/h3-10,15H,11-14H2,1-2H3. The van der Waals surface area contributed by atoms with E-state index >= 15 is 0 Å². The Balaban J connectivity index is 1.43. The van der Waals surface area contributed by atoms with Gasteiger partial charge in [-0.1, -0.05) is 17.7 Å². The Morgan fingerprint density at radius 3 is 2.24 bits per heavy atom. The van der Waals surface area contributed by atoms with Crippen molar-refractivity contribution < 1.29 is 13.2 Å². The van der Waals surface area contributed by atoms with Crippen LogP contribution in [0.15, 0.2) is 58.8 Å². The number of nitrogens with zero attached hydrogens (tertiary/aromatic N) is 3. The third-order valence-electron chi connectivity index (χ3n) is 5.05. The van der Waals surface area contributed by atoms with E-state index in [2.05, 4.69) is 4.90 Å². The van der Waals surface area contributed by atoms with Gasteiger partial charge in [-0.2, -0.15) is 4.31 Å². The van der Waals surface area contributed by atoms with E-state index in [0.29, 0.717) is 31.1 Å². The molecule has 0 N–H and O–H groups in total. The van der Waals surface area contributed by atoms with E-state index in [0.717, 1.165) is 27.7 Å². The highest BCUT2D eigenvalue weighted by Crippen LogP contribution is 2.29. The molecule has 1 aliphatic heterocycles. The van der Waals surface area contributed by atoms with Crippen molar-refractivity contribution in [1.82, 2.24) is 9.29 Å². The Bertz CT molecular complexity index is 1070. The molecule has 4 rings (SSSR count). The quantitative estimate of drug-likeness (QED) is 0.620. The fourth-order valence-corrected chi connectivity index (χ4v) is 5.59. The van der Waals surface area contributed by atoms with E-state index in [9.17, 15) is 8.42 Å². The van der Waals surface area contributed by atoms with Gasteiger partial charge in [-0.3, -0.25) is 0 Å². The molecule has 0 unspecified atom stereocenters. The van der Waals surface area contributed by atoms with Gasteiger partial charge in [0.15, 0.2) is 5.13 Å². The number of aromatic nitrogens is 1. The highest BCUT2D eigenvalue weighted by atomic mass is 32.2. The van der Waals surface area contributed by atoms with Crippen LogP contribution in [0.4, 0.5) is 5.13 Å².